The third-order valence-electron chi connectivity index (χ3n) is 5.33. The lowest BCUT2D eigenvalue weighted by molar-refractivity contribution is 0.0713. The topological polar surface area (TPSA) is 101 Å². The highest BCUT2D eigenvalue weighted by molar-refractivity contribution is 6.00. The van der Waals surface area contributed by atoms with Gasteiger partial charge in [0.25, 0.3) is 5.91 Å². The molecule has 0 spiro atoms. The van der Waals surface area contributed by atoms with Gasteiger partial charge in [-0.3, -0.25) is 4.79 Å². The number of aliphatic hydroxyl groups is 1. The number of aliphatic hydroxyl groups excluding tert-OH is 1. The van der Waals surface area contributed by atoms with E-state index >= 15 is 0 Å². The second-order valence-corrected chi connectivity index (χ2v) is 7.41. The number of nitrogens with zero attached hydrogens (tertiary/aromatic N) is 4. The molecule has 1 amide bonds. The molecule has 0 aliphatic carbocycles. The number of oxime groups is 1. The summed E-state index contributed by atoms with van der Waals surface area (Å²) in [7, 11) is 1.48. The van der Waals surface area contributed by atoms with E-state index in [1.54, 1.807) is 4.90 Å². The molecule has 3 aromatic rings. The number of carbonyl (C=O) groups excluding carboxylic acids is 1. The highest BCUT2D eigenvalue weighted by atomic mass is 16.6. The van der Waals surface area contributed by atoms with Gasteiger partial charge in [-0.05, 0) is 35.7 Å². The van der Waals surface area contributed by atoms with Crippen molar-refractivity contribution in [3.8, 4) is 11.1 Å². The lowest BCUT2D eigenvalue weighted by Crippen LogP contribution is -2.31. The van der Waals surface area contributed by atoms with Crippen molar-refractivity contribution in [1.29, 1.82) is 0 Å². The summed E-state index contributed by atoms with van der Waals surface area (Å²) < 4.78 is 5.37. The first-order valence-electron chi connectivity index (χ1n) is 10.1. The maximum Gasteiger partial charge on any atom is 0.254 e. The molecule has 0 saturated carbocycles. The number of rotatable bonds is 6. The summed E-state index contributed by atoms with van der Waals surface area (Å²) in [5.41, 5.74) is 4.66. The number of carbonyl (C=O) groups is 1. The van der Waals surface area contributed by atoms with Gasteiger partial charge in [-0.25, -0.2) is 0 Å². The molecule has 1 aliphatic heterocycles. The number of aryl methyl sites for hydroxylation is 1. The number of aromatic nitrogens is 2. The smallest absolute Gasteiger partial charge is 0.254 e. The Kier molecular flexibility index (Phi) is 6.08. The van der Waals surface area contributed by atoms with Crippen molar-refractivity contribution in [1.82, 2.24) is 15.0 Å². The largest absolute Gasteiger partial charge is 0.399 e. The van der Waals surface area contributed by atoms with E-state index in [0.717, 1.165) is 16.8 Å². The van der Waals surface area contributed by atoms with Crippen LogP contribution >= 0.6 is 0 Å². The molecule has 1 saturated heterocycles. The Morgan fingerprint density at radius 2 is 2.03 bits per heavy atom. The molecule has 2 heterocycles. The van der Waals surface area contributed by atoms with Crippen molar-refractivity contribution in [2.45, 2.75) is 25.8 Å². The van der Waals surface area contributed by atoms with Crippen molar-refractivity contribution in [2.75, 3.05) is 20.3 Å². The molecular weight excluding hydrogens is 396 g/mol. The van der Waals surface area contributed by atoms with Crippen LogP contribution in [0.25, 0.3) is 11.1 Å². The van der Waals surface area contributed by atoms with Gasteiger partial charge in [0.2, 0.25) is 5.89 Å². The maximum absolute atomic E-state index is 13.3. The summed E-state index contributed by atoms with van der Waals surface area (Å²) >= 11 is 0. The SMILES string of the molecule is CO/N=C1/CC(c2nc(CCO)no2)N(C(=O)c2ccc(-c3ccccc3C)cc2)C1. The Hall–Kier alpha value is -3.52. The second kappa shape index (κ2) is 9.09. The molecule has 1 N–H and O–H groups in total. The highest BCUT2D eigenvalue weighted by Crippen LogP contribution is 2.32. The lowest BCUT2D eigenvalue weighted by Gasteiger charge is -2.21. The normalized spacial score (nSPS) is 17.3. The summed E-state index contributed by atoms with van der Waals surface area (Å²) in [5, 5.41) is 17.0. The van der Waals surface area contributed by atoms with Gasteiger partial charge in [-0.15, -0.1) is 0 Å². The van der Waals surface area contributed by atoms with E-state index in [2.05, 4.69) is 34.4 Å². The molecule has 8 heteroatoms. The molecule has 2 aromatic carbocycles. The highest BCUT2D eigenvalue weighted by Gasteiger charge is 2.38. The van der Waals surface area contributed by atoms with E-state index in [1.165, 1.54) is 12.7 Å². The fourth-order valence-corrected chi connectivity index (χ4v) is 3.79. The summed E-state index contributed by atoms with van der Waals surface area (Å²) in [6.07, 6.45) is 0.741. The lowest BCUT2D eigenvalue weighted by atomic mass is 9.99. The maximum atomic E-state index is 13.3. The zero-order valence-corrected chi connectivity index (χ0v) is 17.5. The zero-order valence-electron chi connectivity index (χ0n) is 17.5. The predicted molar refractivity (Wildman–Crippen MR) is 115 cm³/mol. The molecule has 1 unspecified atom stereocenters. The van der Waals surface area contributed by atoms with E-state index < -0.39 is 6.04 Å². The minimum atomic E-state index is -0.433. The van der Waals surface area contributed by atoms with Crippen LogP contribution in [0.2, 0.25) is 0 Å². The van der Waals surface area contributed by atoms with Crippen molar-refractivity contribution < 1.29 is 19.3 Å². The minimum Gasteiger partial charge on any atom is -0.399 e. The van der Waals surface area contributed by atoms with Crippen molar-refractivity contribution in [3.05, 3.63) is 71.4 Å². The van der Waals surface area contributed by atoms with Crippen LogP contribution in [-0.2, 0) is 11.3 Å². The molecule has 1 aromatic heterocycles. The second-order valence-electron chi connectivity index (χ2n) is 7.41. The first-order valence-corrected chi connectivity index (χ1v) is 10.1. The molecule has 0 bridgehead atoms. The minimum absolute atomic E-state index is 0.0735. The molecule has 160 valence electrons. The standard InChI is InChI=1S/C23H24N4O4/c1-15-5-3-4-6-19(15)16-7-9-17(10-8-16)23(29)27-14-18(25-30-2)13-20(27)22-24-21(11-12-28)26-31-22/h3-10,20,28H,11-14H2,1-2H3/b25-18-. The summed E-state index contributed by atoms with van der Waals surface area (Å²) in [6, 6.07) is 15.3. The molecule has 1 fully saturated rings. The average Bonchev–Trinajstić information content (AvgIpc) is 3.41. The molecule has 4 rings (SSSR count). The Balaban J connectivity index is 1.60. The zero-order chi connectivity index (χ0) is 21.8. The van der Waals surface area contributed by atoms with Gasteiger partial charge >= 0.3 is 0 Å². The van der Waals surface area contributed by atoms with Crippen LogP contribution < -0.4 is 0 Å². The number of likely N-dealkylation sites (tertiary alicyclic amines) is 1. The number of benzene rings is 2. The van der Waals surface area contributed by atoms with Crippen LogP contribution in [-0.4, -0.2) is 52.0 Å². The predicted octanol–water partition coefficient (Wildman–Crippen LogP) is 3.17. The van der Waals surface area contributed by atoms with Crippen molar-refractivity contribution in [3.63, 3.8) is 0 Å². The average molecular weight is 420 g/mol. The first kappa shape index (κ1) is 20.7. The van der Waals surface area contributed by atoms with Crippen LogP contribution in [0.1, 0.15) is 40.1 Å². The molecule has 8 nitrogen and oxygen atoms in total. The monoisotopic (exact) mass is 420 g/mol. The molecule has 31 heavy (non-hydrogen) atoms. The fraction of sp³-hybridized carbons (Fsp3) is 0.304. The van der Waals surface area contributed by atoms with Crippen LogP contribution in [0.3, 0.4) is 0 Å². The fourth-order valence-electron chi connectivity index (χ4n) is 3.79. The number of hydrogen-bond acceptors (Lipinski definition) is 7. The Morgan fingerprint density at radius 1 is 1.26 bits per heavy atom. The van der Waals surface area contributed by atoms with Crippen molar-refractivity contribution >= 4 is 11.6 Å². The van der Waals surface area contributed by atoms with Gasteiger partial charge < -0.3 is 19.4 Å². The number of amides is 1. The molecule has 0 radical (unpaired) electrons. The van der Waals surface area contributed by atoms with Crippen LogP contribution in [0.4, 0.5) is 0 Å². The molecular formula is C23H24N4O4. The summed E-state index contributed by atoms with van der Waals surface area (Å²) in [6.45, 7) is 2.31. The summed E-state index contributed by atoms with van der Waals surface area (Å²) in [4.78, 5) is 24.2. The first-order chi connectivity index (χ1) is 15.1. The third kappa shape index (κ3) is 4.34. The van der Waals surface area contributed by atoms with E-state index in [9.17, 15) is 4.79 Å². The van der Waals surface area contributed by atoms with Crippen molar-refractivity contribution in [2.24, 2.45) is 5.16 Å². The van der Waals surface area contributed by atoms with Gasteiger partial charge in [0.1, 0.15) is 13.2 Å². The van der Waals surface area contributed by atoms with Gasteiger partial charge in [-0.1, -0.05) is 46.7 Å². The van der Waals surface area contributed by atoms with E-state index in [1.807, 2.05) is 36.4 Å². The molecule has 1 aliphatic rings. The Bertz CT molecular complexity index is 1090. The Morgan fingerprint density at radius 3 is 2.74 bits per heavy atom. The summed E-state index contributed by atoms with van der Waals surface area (Å²) in [5.74, 6) is 0.587. The van der Waals surface area contributed by atoms with Gasteiger partial charge in [0, 0.05) is 18.4 Å². The quantitative estimate of drug-likeness (QED) is 0.615. The van der Waals surface area contributed by atoms with Crippen LogP contribution in [0.5, 0.6) is 0 Å². The van der Waals surface area contributed by atoms with Gasteiger partial charge in [0.15, 0.2) is 5.82 Å². The molecule has 1 atom stereocenters. The van der Waals surface area contributed by atoms with Crippen LogP contribution in [0.15, 0.2) is 58.2 Å². The van der Waals surface area contributed by atoms with E-state index in [0.29, 0.717) is 36.7 Å². The van der Waals surface area contributed by atoms with E-state index in [4.69, 9.17) is 14.5 Å². The van der Waals surface area contributed by atoms with Gasteiger partial charge in [0.05, 0.1) is 18.9 Å². The third-order valence-corrected chi connectivity index (χ3v) is 5.33. The Labute approximate surface area is 180 Å². The number of hydrogen-bond donors (Lipinski definition) is 1. The van der Waals surface area contributed by atoms with Crippen LogP contribution in [0, 0.1) is 6.92 Å². The van der Waals surface area contributed by atoms with E-state index in [-0.39, 0.29) is 12.5 Å². The van der Waals surface area contributed by atoms with Gasteiger partial charge in [-0.2, -0.15) is 4.98 Å².